The van der Waals surface area contributed by atoms with E-state index < -0.39 is 101 Å². The summed E-state index contributed by atoms with van der Waals surface area (Å²) < 4.78 is 125. The van der Waals surface area contributed by atoms with Crippen LogP contribution in [-0.4, -0.2) is 0 Å². The van der Waals surface area contributed by atoms with E-state index in [1.165, 1.54) is 0 Å². The molecule has 0 radical (unpaired) electrons. The number of rotatable bonds is 6. The van der Waals surface area contributed by atoms with E-state index in [1.807, 2.05) is 91.0 Å². The molecule has 212 valence electrons. The highest BCUT2D eigenvalue weighted by Gasteiger charge is 2.17. The standard InChI is InChI=1S/C44H31N/c1-3-13-32(14-4-1)36-20-11-21-40(30-36)45(44-24-12-19-34-17-7-10-23-42(34)44)39-27-25-33(26-28-39)38-29-37-18-8-9-22-41(37)43(31-38)35-15-5-2-6-16-35/h1-31H/i2D,5D,6D,8D,9D,15D,16D,18D,25D,26D,27D,28D,29D,31D. The third kappa shape index (κ3) is 5.15. The topological polar surface area (TPSA) is 3.24 Å². The molecule has 0 fully saturated rings. The van der Waals surface area contributed by atoms with Gasteiger partial charge >= 0.3 is 0 Å². The lowest BCUT2D eigenvalue weighted by Gasteiger charge is -2.27. The minimum atomic E-state index is -0.724. The predicted molar refractivity (Wildman–Crippen MR) is 192 cm³/mol. The van der Waals surface area contributed by atoms with E-state index in [-0.39, 0.29) is 22.0 Å². The molecule has 1 heteroatoms. The molecule has 0 saturated heterocycles. The van der Waals surface area contributed by atoms with Crippen LogP contribution >= 0.6 is 0 Å². The lowest BCUT2D eigenvalue weighted by atomic mass is 9.93. The lowest BCUT2D eigenvalue weighted by Crippen LogP contribution is -2.10. The van der Waals surface area contributed by atoms with Gasteiger partial charge in [0.1, 0.15) is 0 Å². The first-order valence-electron chi connectivity index (χ1n) is 21.3. The number of nitrogens with zero attached hydrogens (tertiary/aromatic N) is 1. The molecule has 8 aromatic carbocycles. The average molecular weight is 588 g/mol. The van der Waals surface area contributed by atoms with Crippen molar-refractivity contribution >= 4 is 38.6 Å². The van der Waals surface area contributed by atoms with E-state index in [9.17, 15) is 8.22 Å². The number of fused-ring (bicyclic) bond motifs is 2. The summed E-state index contributed by atoms with van der Waals surface area (Å²) in [5, 5.41) is 1.10. The Morgan fingerprint density at radius 1 is 0.400 bits per heavy atom. The highest BCUT2D eigenvalue weighted by molar-refractivity contribution is 6.01. The molecule has 0 aliphatic heterocycles. The summed E-state index contributed by atoms with van der Waals surface area (Å²) in [4.78, 5) is 1.64. The maximum Gasteiger partial charge on any atom is 0.0645 e. The fourth-order valence-electron chi connectivity index (χ4n) is 5.48. The molecule has 0 bridgehead atoms. The summed E-state index contributed by atoms with van der Waals surface area (Å²) in [6, 6.07) is 22.3. The van der Waals surface area contributed by atoms with Gasteiger partial charge in [-0.15, -0.1) is 0 Å². The quantitative estimate of drug-likeness (QED) is 0.187. The summed E-state index contributed by atoms with van der Waals surface area (Å²) in [6.07, 6.45) is 0. The first-order valence-corrected chi connectivity index (χ1v) is 14.3. The van der Waals surface area contributed by atoms with Gasteiger partial charge in [-0.3, -0.25) is 0 Å². The van der Waals surface area contributed by atoms with Crippen LogP contribution in [0.2, 0.25) is 0 Å². The molecule has 8 aromatic rings. The monoisotopic (exact) mass is 587 g/mol. The van der Waals surface area contributed by atoms with E-state index in [0.717, 1.165) is 28.0 Å². The maximum absolute atomic E-state index is 9.57. The molecule has 0 spiro atoms. The minimum absolute atomic E-state index is 0.136. The highest BCUT2D eigenvalue weighted by atomic mass is 15.1. The van der Waals surface area contributed by atoms with Crippen LogP contribution < -0.4 is 4.90 Å². The second kappa shape index (κ2) is 11.6. The van der Waals surface area contributed by atoms with Crippen molar-refractivity contribution in [2.45, 2.75) is 0 Å². The van der Waals surface area contributed by atoms with Crippen LogP contribution in [0, 0.1) is 0 Å². The second-order valence-electron chi connectivity index (χ2n) is 10.3. The molecule has 45 heavy (non-hydrogen) atoms. The molecule has 0 atom stereocenters. The van der Waals surface area contributed by atoms with Gasteiger partial charge in [0.25, 0.3) is 0 Å². The number of anilines is 3. The predicted octanol–water partition coefficient (Wildman–Crippen LogP) is 12.5. The largest absolute Gasteiger partial charge is 0.310 e. The fourth-order valence-corrected chi connectivity index (χ4v) is 5.48. The van der Waals surface area contributed by atoms with Crippen molar-refractivity contribution in [3.63, 3.8) is 0 Å². The molecule has 8 rings (SSSR count). The molecule has 0 saturated carbocycles. The summed E-state index contributed by atoms with van der Waals surface area (Å²) in [5.41, 5.74) is 0.807. The number of benzene rings is 8. The van der Waals surface area contributed by atoms with Gasteiger partial charge in [-0.2, -0.15) is 0 Å². The summed E-state index contributed by atoms with van der Waals surface area (Å²) in [7, 11) is 0. The van der Waals surface area contributed by atoms with Gasteiger partial charge in [-0.25, -0.2) is 0 Å². The SMILES string of the molecule is [2H]c1cc2c(-c3c([2H])c([2H])c([2H])c([2H])c3[2H])c([2H])c(-c3c([2H])c([2H])c(N(c4cccc(-c5ccccc5)c4)c4cccc5ccccc45)c([2H])c3[2H])c([2H])c2c([2H])c1[2H]. The van der Waals surface area contributed by atoms with Crippen molar-refractivity contribution < 1.29 is 19.2 Å². The third-order valence-electron chi connectivity index (χ3n) is 7.57. The minimum Gasteiger partial charge on any atom is -0.310 e. The average Bonchev–Trinajstić information content (AvgIpc) is 3.24. The smallest absolute Gasteiger partial charge is 0.0645 e. The van der Waals surface area contributed by atoms with E-state index in [2.05, 4.69) is 0 Å². The van der Waals surface area contributed by atoms with Gasteiger partial charge in [0.15, 0.2) is 0 Å². The van der Waals surface area contributed by atoms with Crippen LogP contribution in [-0.2, 0) is 0 Å². The van der Waals surface area contributed by atoms with Crippen molar-refractivity contribution in [3.05, 3.63) is 188 Å². The Kier molecular flexibility index (Phi) is 4.06. The molecule has 1 nitrogen and oxygen atoms in total. The van der Waals surface area contributed by atoms with E-state index in [1.54, 1.807) is 11.0 Å². The zero-order valence-corrected chi connectivity index (χ0v) is 23.8. The van der Waals surface area contributed by atoms with Gasteiger partial charge in [0, 0.05) is 16.8 Å². The van der Waals surface area contributed by atoms with Crippen LogP contribution in [0.3, 0.4) is 0 Å². The molecular formula is C44H31N. The van der Waals surface area contributed by atoms with E-state index >= 15 is 0 Å². The summed E-state index contributed by atoms with van der Waals surface area (Å²) >= 11 is 0. The zero-order valence-electron chi connectivity index (χ0n) is 37.8. The Hall–Kier alpha value is -5.92. The first kappa shape index (κ1) is 15.7. The molecule has 0 N–H and O–H groups in total. The molecular weight excluding hydrogens is 542 g/mol. The van der Waals surface area contributed by atoms with Crippen molar-refractivity contribution in [3.8, 4) is 33.4 Å². The summed E-state index contributed by atoms with van der Waals surface area (Å²) in [6.45, 7) is 0. The van der Waals surface area contributed by atoms with Gasteiger partial charge in [-0.1, -0.05) is 145 Å². The number of hydrogen-bond donors (Lipinski definition) is 0. The van der Waals surface area contributed by atoms with Gasteiger partial charge in [-0.05, 0) is 91.9 Å². The zero-order chi connectivity index (χ0) is 42.2. The van der Waals surface area contributed by atoms with Crippen LogP contribution in [0.5, 0.6) is 0 Å². The third-order valence-corrected chi connectivity index (χ3v) is 7.57. The Morgan fingerprint density at radius 2 is 1.13 bits per heavy atom. The molecule has 0 aliphatic carbocycles. The molecule has 0 heterocycles. The van der Waals surface area contributed by atoms with E-state index in [0.29, 0.717) is 11.4 Å². The Bertz CT molecular complexity index is 2990. The van der Waals surface area contributed by atoms with Gasteiger partial charge in [0.2, 0.25) is 0 Å². The first-order chi connectivity index (χ1) is 28.1. The van der Waals surface area contributed by atoms with Crippen LogP contribution in [0.15, 0.2) is 188 Å². The van der Waals surface area contributed by atoms with Crippen LogP contribution in [0.4, 0.5) is 17.1 Å². The second-order valence-corrected chi connectivity index (χ2v) is 10.3. The van der Waals surface area contributed by atoms with Crippen molar-refractivity contribution in [1.82, 2.24) is 0 Å². The molecule has 0 unspecified atom stereocenters. The van der Waals surface area contributed by atoms with Crippen LogP contribution in [0.25, 0.3) is 54.9 Å². The van der Waals surface area contributed by atoms with Crippen molar-refractivity contribution in [1.29, 1.82) is 0 Å². The summed E-state index contributed by atoms with van der Waals surface area (Å²) in [5.74, 6) is 0. The van der Waals surface area contributed by atoms with E-state index in [4.69, 9.17) is 11.0 Å². The molecule has 0 amide bonds. The Balaban J connectivity index is 1.48. The number of hydrogen-bond acceptors (Lipinski definition) is 1. The molecule has 0 aromatic heterocycles. The lowest BCUT2D eigenvalue weighted by molar-refractivity contribution is 1.30. The van der Waals surface area contributed by atoms with Gasteiger partial charge in [0.05, 0.1) is 24.9 Å². The van der Waals surface area contributed by atoms with Crippen molar-refractivity contribution in [2.75, 3.05) is 4.90 Å². The highest BCUT2D eigenvalue weighted by Crippen LogP contribution is 2.41. The molecule has 0 aliphatic rings. The Labute approximate surface area is 284 Å². The van der Waals surface area contributed by atoms with Crippen molar-refractivity contribution in [2.24, 2.45) is 0 Å². The fraction of sp³-hybridized carbons (Fsp3) is 0. The maximum atomic E-state index is 9.57. The normalized spacial score (nSPS) is 15.5. The Morgan fingerprint density at radius 3 is 2.00 bits per heavy atom. The van der Waals surface area contributed by atoms with Crippen LogP contribution in [0.1, 0.15) is 19.2 Å². The van der Waals surface area contributed by atoms with Gasteiger partial charge < -0.3 is 4.90 Å².